The van der Waals surface area contributed by atoms with Gasteiger partial charge in [-0.15, -0.1) is 0 Å². The topological polar surface area (TPSA) is 53.7 Å². The first-order valence-corrected chi connectivity index (χ1v) is 7.22. The number of thioether (sulfide) groups is 1. The van der Waals surface area contributed by atoms with Crippen LogP contribution in [0.4, 0.5) is 0 Å². The Kier molecular flexibility index (Phi) is 6.75. The van der Waals surface area contributed by atoms with Gasteiger partial charge in [-0.25, -0.2) is 0 Å². The molecule has 1 rings (SSSR count). The Morgan fingerprint density at radius 3 is 2.22 bits per heavy atom. The van der Waals surface area contributed by atoms with Crippen LogP contribution in [0.25, 0.3) is 0 Å². The van der Waals surface area contributed by atoms with Gasteiger partial charge in [-0.1, -0.05) is 0 Å². The molecule has 18 heavy (non-hydrogen) atoms. The highest BCUT2D eigenvalue weighted by atomic mass is 32.2. The van der Waals surface area contributed by atoms with Gasteiger partial charge in [0, 0.05) is 6.54 Å². The van der Waals surface area contributed by atoms with Crippen LogP contribution in [0.3, 0.4) is 0 Å². The van der Waals surface area contributed by atoms with Crippen molar-refractivity contribution in [2.75, 3.05) is 32.8 Å². The van der Waals surface area contributed by atoms with E-state index in [2.05, 4.69) is 6.26 Å². The zero-order valence-corrected chi connectivity index (χ0v) is 12.0. The summed E-state index contributed by atoms with van der Waals surface area (Å²) in [6, 6.07) is 3.76. The van der Waals surface area contributed by atoms with Crippen LogP contribution in [0.1, 0.15) is 12.0 Å². The molecule has 0 saturated carbocycles. The van der Waals surface area contributed by atoms with E-state index >= 15 is 0 Å². The number of ether oxygens (including phenoxy) is 3. The summed E-state index contributed by atoms with van der Waals surface area (Å²) in [5, 5.41) is 0. The summed E-state index contributed by atoms with van der Waals surface area (Å²) >= 11 is 1.80. The van der Waals surface area contributed by atoms with Gasteiger partial charge in [-0.05, 0) is 36.1 Å². The maximum atomic E-state index is 5.75. The molecule has 0 heterocycles. The van der Waals surface area contributed by atoms with Gasteiger partial charge < -0.3 is 19.9 Å². The Bertz CT molecular complexity index is 346. The molecule has 0 aromatic heterocycles. The number of hydrogen-bond donors (Lipinski definition) is 1. The molecule has 0 radical (unpaired) electrons. The second-order valence-corrected chi connectivity index (χ2v) is 4.71. The molecule has 0 aliphatic carbocycles. The predicted octanol–water partition coefficient (Wildman–Crippen LogP) is 2.29. The smallest absolute Gasteiger partial charge is 0.203 e. The maximum absolute atomic E-state index is 5.75. The van der Waals surface area contributed by atoms with Crippen LogP contribution in [-0.4, -0.2) is 32.8 Å². The van der Waals surface area contributed by atoms with Crippen LogP contribution in [0.5, 0.6) is 17.2 Å². The van der Waals surface area contributed by atoms with E-state index in [0.29, 0.717) is 30.4 Å². The van der Waals surface area contributed by atoms with E-state index in [1.165, 1.54) is 0 Å². The van der Waals surface area contributed by atoms with Gasteiger partial charge in [0.1, 0.15) is 0 Å². The van der Waals surface area contributed by atoms with Gasteiger partial charge in [-0.3, -0.25) is 0 Å². The van der Waals surface area contributed by atoms with Crippen molar-refractivity contribution in [3.05, 3.63) is 17.7 Å². The Morgan fingerprint density at radius 2 is 1.78 bits per heavy atom. The van der Waals surface area contributed by atoms with Crippen molar-refractivity contribution in [1.29, 1.82) is 0 Å². The van der Waals surface area contributed by atoms with Crippen molar-refractivity contribution in [1.82, 2.24) is 0 Å². The highest BCUT2D eigenvalue weighted by molar-refractivity contribution is 7.98. The van der Waals surface area contributed by atoms with E-state index in [1.807, 2.05) is 12.1 Å². The van der Waals surface area contributed by atoms with Crippen molar-refractivity contribution in [3.8, 4) is 17.2 Å². The van der Waals surface area contributed by atoms with Crippen LogP contribution < -0.4 is 19.9 Å². The van der Waals surface area contributed by atoms with Crippen molar-refractivity contribution in [2.24, 2.45) is 5.73 Å². The fraction of sp³-hybridized carbons (Fsp3) is 0.538. The van der Waals surface area contributed by atoms with Gasteiger partial charge >= 0.3 is 0 Å². The monoisotopic (exact) mass is 271 g/mol. The third-order valence-corrected chi connectivity index (χ3v) is 3.19. The molecule has 0 aliphatic heterocycles. The highest BCUT2D eigenvalue weighted by Crippen LogP contribution is 2.38. The number of benzene rings is 1. The summed E-state index contributed by atoms with van der Waals surface area (Å²) in [6.07, 6.45) is 3.07. The molecule has 2 N–H and O–H groups in total. The van der Waals surface area contributed by atoms with Crippen molar-refractivity contribution in [3.63, 3.8) is 0 Å². The van der Waals surface area contributed by atoms with Gasteiger partial charge in [-0.2, -0.15) is 11.8 Å². The summed E-state index contributed by atoms with van der Waals surface area (Å²) in [5.41, 5.74) is 6.59. The van der Waals surface area contributed by atoms with Gasteiger partial charge in [0.25, 0.3) is 0 Å². The molecule has 0 aliphatic rings. The quantitative estimate of drug-likeness (QED) is 0.735. The standard InChI is InChI=1S/C13H21NO3S/c1-15-11-7-10(9-14)8-12(16-2)13(11)17-5-4-6-18-3/h7-8H,4-6,9,14H2,1-3H3. The molecule has 0 spiro atoms. The molecular formula is C13H21NO3S. The Labute approximate surface area is 113 Å². The third-order valence-electron chi connectivity index (χ3n) is 2.50. The fourth-order valence-corrected chi connectivity index (χ4v) is 1.98. The van der Waals surface area contributed by atoms with E-state index in [1.54, 1.807) is 26.0 Å². The lowest BCUT2D eigenvalue weighted by molar-refractivity contribution is 0.275. The maximum Gasteiger partial charge on any atom is 0.203 e. The van der Waals surface area contributed by atoms with Crippen LogP contribution in [-0.2, 0) is 6.54 Å². The summed E-state index contributed by atoms with van der Waals surface area (Å²) in [7, 11) is 3.23. The zero-order valence-electron chi connectivity index (χ0n) is 11.2. The predicted molar refractivity (Wildman–Crippen MR) is 75.9 cm³/mol. The van der Waals surface area contributed by atoms with Gasteiger partial charge in [0.15, 0.2) is 11.5 Å². The number of methoxy groups -OCH3 is 2. The lowest BCUT2D eigenvalue weighted by atomic mass is 10.2. The summed E-state index contributed by atoms with van der Waals surface area (Å²) in [4.78, 5) is 0. The summed E-state index contributed by atoms with van der Waals surface area (Å²) in [5.74, 6) is 3.06. The lowest BCUT2D eigenvalue weighted by Crippen LogP contribution is -2.04. The Morgan fingerprint density at radius 1 is 1.17 bits per heavy atom. The van der Waals surface area contributed by atoms with E-state index in [-0.39, 0.29) is 0 Å². The second kappa shape index (κ2) is 8.11. The molecule has 0 saturated heterocycles. The fourth-order valence-electron chi connectivity index (χ4n) is 1.57. The van der Waals surface area contributed by atoms with E-state index < -0.39 is 0 Å². The Balaban J connectivity index is 2.85. The molecule has 102 valence electrons. The molecule has 1 aromatic carbocycles. The van der Waals surface area contributed by atoms with Crippen molar-refractivity contribution in [2.45, 2.75) is 13.0 Å². The van der Waals surface area contributed by atoms with E-state index in [9.17, 15) is 0 Å². The van der Waals surface area contributed by atoms with Crippen molar-refractivity contribution >= 4 is 11.8 Å². The van der Waals surface area contributed by atoms with Gasteiger partial charge in [0.05, 0.1) is 20.8 Å². The average molecular weight is 271 g/mol. The molecule has 5 heteroatoms. The molecule has 4 nitrogen and oxygen atoms in total. The summed E-state index contributed by atoms with van der Waals surface area (Å²) < 4.78 is 16.4. The first kappa shape index (κ1) is 15.0. The number of rotatable bonds is 8. The Hall–Kier alpha value is -1.07. The first-order valence-electron chi connectivity index (χ1n) is 5.83. The highest BCUT2D eigenvalue weighted by Gasteiger charge is 2.13. The lowest BCUT2D eigenvalue weighted by Gasteiger charge is -2.15. The average Bonchev–Trinajstić information content (AvgIpc) is 2.42. The van der Waals surface area contributed by atoms with Crippen LogP contribution in [0, 0.1) is 0 Å². The molecule has 0 amide bonds. The number of nitrogens with two attached hydrogens (primary N) is 1. The SMILES string of the molecule is COc1cc(CN)cc(OC)c1OCCCSC. The van der Waals surface area contributed by atoms with E-state index in [4.69, 9.17) is 19.9 Å². The summed E-state index contributed by atoms with van der Waals surface area (Å²) in [6.45, 7) is 1.09. The molecule has 0 atom stereocenters. The molecule has 0 bridgehead atoms. The minimum absolute atomic E-state index is 0.444. The van der Waals surface area contributed by atoms with Gasteiger partial charge in [0.2, 0.25) is 5.75 Å². The largest absolute Gasteiger partial charge is 0.493 e. The zero-order chi connectivity index (χ0) is 13.4. The van der Waals surface area contributed by atoms with Crippen molar-refractivity contribution < 1.29 is 14.2 Å². The molecular weight excluding hydrogens is 250 g/mol. The van der Waals surface area contributed by atoms with Crippen LogP contribution >= 0.6 is 11.8 Å². The minimum Gasteiger partial charge on any atom is -0.493 e. The second-order valence-electron chi connectivity index (χ2n) is 3.73. The van der Waals surface area contributed by atoms with E-state index in [0.717, 1.165) is 17.7 Å². The van der Waals surface area contributed by atoms with Crippen LogP contribution in [0.2, 0.25) is 0 Å². The molecule has 0 fully saturated rings. The number of hydrogen-bond acceptors (Lipinski definition) is 5. The minimum atomic E-state index is 0.444. The molecule has 1 aromatic rings. The third kappa shape index (κ3) is 3.99. The molecule has 0 unspecified atom stereocenters. The normalized spacial score (nSPS) is 10.2. The van der Waals surface area contributed by atoms with Crippen LogP contribution in [0.15, 0.2) is 12.1 Å². The first-order chi connectivity index (χ1) is 8.76.